The Balaban J connectivity index is 1.33. The molecule has 0 aliphatic carbocycles. The maximum atomic E-state index is 14.3. The van der Waals surface area contributed by atoms with Crippen LogP contribution in [0.25, 0.3) is 0 Å². The van der Waals surface area contributed by atoms with Gasteiger partial charge >= 0.3 is 0 Å². The lowest BCUT2D eigenvalue weighted by molar-refractivity contribution is 0.0160. The topological polar surface area (TPSA) is 102 Å². The fourth-order valence-corrected chi connectivity index (χ4v) is 5.49. The molecule has 0 amide bonds. The molecule has 160 valence electrons. The molecular formula is C20H24F2N6OS. The number of nitrogens with one attached hydrogen (secondary N) is 1. The Morgan fingerprint density at radius 1 is 1.27 bits per heavy atom. The molecule has 4 heterocycles. The molecule has 2 fully saturated rings. The molecule has 7 nitrogen and oxygen atoms in total. The summed E-state index contributed by atoms with van der Waals surface area (Å²) in [7, 11) is 0. The highest BCUT2D eigenvalue weighted by molar-refractivity contribution is 7.99. The van der Waals surface area contributed by atoms with Gasteiger partial charge in [-0.15, -0.1) is 0 Å². The van der Waals surface area contributed by atoms with Gasteiger partial charge in [0.1, 0.15) is 10.8 Å². The van der Waals surface area contributed by atoms with Gasteiger partial charge in [0.05, 0.1) is 31.5 Å². The van der Waals surface area contributed by atoms with Crippen molar-refractivity contribution < 1.29 is 13.5 Å². The van der Waals surface area contributed by atoms with Crippen molar-refractivity contribution in [3.63, 3.8) is 0 Å². The maximum absolute atomic E-state index is 14.3. The van der Waals surface area contributed by atoms with Crippen molar-refractivity contribution in [3.8, 4) is 0 Å². The summed E-state index contributed by atoms with van der Waals surface area (Å²) in [5, 5.41) is 3.18. The van der Waals surface area contributed by atoms with Crippen molar-refractivity contribution in [2.45, 2.75) is 34.7 Å². The average molecular weight is 435 g/mol. The van der Waals surface area contributed by atoms with E-state index in [1.807, 2.05) is 0 Å². The Morgan fingerprint density at radius 2 is 2.07 bits per heavy atom. The summed E-state index contributed by atoms with van der Waals surface area (Å²) in [5.41, 5.74) is 12.9. The number of nitrogens with zero attached hydrogens (tertiary/aromatic N) is 3. The van der Waals surface area contributed by atoms with Crippen LogP contribution in [0, 0.1) is 5.41 Å². The second kappa shape index (κ2) is 7.21. The number of benzene rings is 1. The Morgan fingerprint density at radius 3 is 2.77 bits per heavy atom. The zero-order valence-corrected chi connectivity index (χ0v) is 17.2. The van der Waals surface area contributed by atoms with Crippen molar-refractivity contribution in [1.82, 2.24) is 9.97 Å². The van der Waals surface area contributed by atoms with E-state index < -0.39 is 12.5 Å². The van der Waals surface area contributed by atoms with Crippen molar-refractivity contribution in [3.05, 3.63) is 30.0 Å². The quantitative estimate of drug-likeness (QED) is 0.678. The van der Waals surface area contributed by atoms with E-state index in [2.05, 4.69) is 20.2 Å². The Labute approximate surface area is 177 Å². The number of anilines is 3. The number of alkyl halides is 2. The van der Waals surface area contributed by atoms with Gasteiger partial charge in [0.2, 0.25) is 0 Å². The van der Waals surface area contributed by atoms with Gasteiger partial charge < -0.3 is 26.4 Å². The second-order valence-corrected chi connectivity index (χ2v) is 9.26. The number of hydrogen-bond acceptors (Lipinski definition) is 8. The Bertz CT molecular complexity index is 966. The number of aromatic nitrogens is 2. The van der Waals surface area contributed by atoms with Crippen LogP contribution in [-0.4, -0.2) is 48.9 Å². The smallest absolute Gasteiger partial charge is 0.293 e. The molecule has 5 N–H and O–H groups in total. The zero-order chi connectivity index (χ0) is 20.9. The third-order valence-electron chi connectivity index (χ3n) is 6.41. The normalized spacial score (nSPS) is 24.1. The van der Waals surface area contributed by atoms with Crippen LogP contribution in [0.2, 0.25) is 0 Å². The van der Waals surface area contributed by atoms with E-state index in [9.17, 15) is 8.78 Å². The van der Waals surface area contributed by atoms with E-state index in [0.717, 1.165) is 37.7 Å². The molecule has 0 saturated carbocycles. The van der Waals surface area contributed by atoms with E-state index in [0.29, 0.717) is 34.6 Å². The minimum atomic E-state index is -2.92. The fourth-order valence-electron chi connectivity index (χ4n) is 4.52. The highest BCUT2D eigenvalue weighted by Gasteiger charge is 2.44. The van der Waals surface area contributed by atoms with Gasteiger partial charge in [0.25, 0.3) is 5.92 Å². The van der Waals surface area contributed by atoms with E-state index in [4.69, 9.17) is 16.2 Å². The molecular weight excluding hydrogens is 410 g/mol. The molecule has 0 radical (unpaired) electrons. The van der Waals surface area contributed by atoms with E-state index in [1.165, 1.54) is 0 Å². The summed E-state index contributed by atoms with van der Waals surface area (Å²) in [6.07, 6.45) is 3.54. The number of hydrogen-bond donors (Lipinski definition) is 3. The first-order chi connectivity index (χ1) is 14.4. The third kappa shape index (κ3) is 3.27. The van der Waals surface area contributed by atoms with Crippen molar-refractivity contribution in [2.24, 2.45) is 11.1 Å². The van der Waals surface area contributed by atoms with Crippen LogP contribution in [-0.2, 0) is 10.7 Å². The van der Waals surface area contributed by atoms with E-state index in [-0.39, 0.29) is 22.8 Å². The van der Waals surface area contributed by atoms with Gasteiger partial charge in [-0.3, -0.25) is 0 Å². The predicted molar refractivity (Wildman–Crippen MR) is 112 cm³/mol. The monoisotopic (exact) mass is 434 g/mol. The van der Waals surface area contributed by atoms with Crippen LogP contribution in [0.4, 0.5) is 26.1 Å². The molecule has 2 aromatic rings. The van der Waals surface area contributed by atoms with Crippen molar-refractivity contribution in [2.75, 3.05) is 48.8 Å². The van der Waals surface area contributed by atoms with Gasteiger partial charge in [0, 0.05) is 35.1 Å². The first-order valence-corrected chi connectivity index (χ1v) is 10.8. The zero-order valence-electron chi connectivity index (χ0n) is 16.4. The van der Waals surface area contributed by atoms with Crippen LogP contribution in [0.1, 0.15) is 18.4 Å². The summed E-state index contributed by atoms with van der Waals surface area (Å²) in [6, 6.07) is 5.14. The number of halogens is 2. The van der Waals surface area contributed by atoms with Crippen LogP contribution in [0.5, 0.6) is 0 Å². The summed E-state index contributed by atoms with van der Waals surface area (Å²) < 4.78 is 34.2. The number of rotatable bonds is 3. The number of fused-ring (bicyclic) bond motifs is 1. The molecule has 3 aliphatic rings. The standard InChI is InChI=1S/C20H24F2N6OS/c21-20(22)10-26-12-2-1-3-13(16(12)20)30-18-17(24)27-15(8-25-18)28-6-4-19(5-7-28)11-29-9-14(19)23/h1-3,8,14,26H,4-7,9-11,23H2,(H2,24,27)/t14-/m1/s1. The first kappa shape index (κ1) is 19.8. The molecule has 3 aliphatic heterocycles. The van der Waals surface area contributed by atoms with Crippen molar-refractivity contribution >= 4 is 29.1 Å². The molecule has 30 heavy (non-hydrogen) atoms. The fraction of sp³-hybridized carbons (Fsp3) is 0.500. The van der Waals surface area contributed by atoms with Gasteiger partial charge in [-0.25, -0.2) is 9.97 Å². The number of ether oxygens (including phenoxy) is 1. The van der Waals surface area contributed by atoms with Gasteiger partial charge in [-0.1, -0.05) is 17.8 Å². The number of nitrogens with two attached hydrogens (primary N) is 2. The highest BCUT2D eigenvalue weighted by Crippen LogP contribution is 2.46. The third-order valence-corrected chi connectivity index (χ3v) is 7.48. The lowest BCUT2D eigenvalue weighted by Gasteiger charge is -2.41. The summed E-state index contributed by atoms with van der Waals surface area (Å²) in [6.45, 7) is 2.55. The molecule has 0 unspecified atom stereocenters. The summed E-state index contributed by atoms with van der Waals surface area (Å²) in [4.78, 5) is 11.5. The Kier molecular flexibility index (Phi) is 4.75. The molecule has 1 aromatic carbocycles. The summed E-state index contributed by atoms with van der Waals surface area (Å²) in [5.74, 6) is -1.98. The molecule has 1 atom stereocenters. The second-order valence-electron chi connectivity index (χ2n) is 8.23. The van der Waals surface area contributed by atoms with Crippen LogP contribution < -0.4 is 21.7 Å². The summed E-state index contributed by atoms with van der Waals surface area (Å²) >= 11 is 1.12. The lowest BCUT2D eigenvalue weighted by atomic mass is 9.75. The molecule has 10 heteroatoms. The minimum absolute atomic E-state index is 0.00303. The number of piperidine rings is 1. The molecule has 2 saturated heterocycles. The van der Waals surface area contributed by atoms with Crippen LogP contribution >= 0.6 is 11.8 Å². The van der Waals surface area contributed by atoms with Crippen molar-refractivity contribution in [1.29, 1.82) is 0 Å². The van der Waals surface area contributed by atoms with Gasteiger partial charge in [-0.05, 0) is 25.0 Å². The Hall–Kier alpha value is -2.17. The lowest BCUT2D eigenvalue weighted by Crippen LogP contribution is -2.49. The SMILES string of the molecule is Nc1nc(N2CCC3(CC2)COC[C@H]3N)cnc1Sc1cccc2c1C(F)(F)CN2. The minimum Gasteiger partial charge on any atom is -0.381 e. The molecule has 1 spiro atoms. The molecule has 5 rings (SSSR count). The maximum Gasteiger partial charge on any atom is 0.293 e. The predicted octanol–water partition coefficient (Wildman–Crippen LogP) is 2.67. The van der Waals surface area contributed by atoms with Gasteiger partial charge in [-0.2, -0.15) is 8.78 Å². The first-order valence-electron chi connectivity index (χ1n) is 10.0. The van der Waals surface area contributed by atoms with Gasteiger partial charge in [0.15, 0.2) is 5.82 Å². The van der Waals surface area contributed by atoms with E-state index in [1.54, 1.807) is 24.4 Å². The highest BCUT2D eigenvalue weighted by atomic mass is 32.2. The largest absolute Gasteiger partial charge is 0.381 e. The molecule has 1 aromatic heterocycles. The van der Waals surface area contributed by atoms with Crippen LogP contribution in [0.15, 0.2) is 34.3 Å². The van der Waals surface area contributed by atoms with E-state index >= 15 is 0 Å². The number of nitrogen functional groups attached to an aromatic ring is 1. The van der Waals surface area contributed by atoms with Crippen LogP contribution in [0.3, 0.4) is 0 Å². The molecule has 0 bridgehead atoms. The average Bonchev–Trinajstić information content (AvgIpc) is 3.24.